The largest absolute Gasteiger partial charge is 0.386 e. The van der Waals surface area contributed by atoms with Crippen molar-refractivity contribution in [3.8, 4) is 0 Å². The topological polar surface area (TPSA) is 71.4 Å². The fourth-order valence-electron chi connectivity index (χ4n) is 0.557. The number of hydrogen-bond acceptors (Lipinski definition) is 4. The van der Waals surface area contributed by atoms with Crippen molar-refractivity contribution in [1.29, 1.82) is 0 Å². The van der Waals surface area contributed by atoms with Crippen LogP contribution >= 0.6 is 0 Å². The predicted octanol–water partition coefficient (Wildman–Crippen LogP) is 0.677. The van der Waals surface area contributed by atoms with Gasteiger partial charge in [0.1, 0.15) is 25.0 Å². The standard InChI is InChI=1S/C6H10O3.C4H6O/c7-4-2-1-3-6(9)5-8;1-2-3-4-5/h4-6,9H,1-3H2;2-4H,1H3. The number of unbranched alkanes of at least 4 members (excludes halogenated alkanes) is 1. The lowest BCUT2D eigenvalue weighted by Gasteiger charge is -1.97. The third-order valence-corrected chi connectivity index (χ3v) is 1.25. The van der Waals surface area contributed by atoms with Crippen LogP contribution in [0.1, 0.15) is 26.2 Å². The lowest BCUT2D eigenvalue weighted by atomic mass is 10.2. The molecule has 0 bridgehead atoms. The Kier molecular flexibility index (Phi) is 15.5. The molecule has 0 rings (SSSR count). The maximum atomic E-state index is 9.76. The summed E-state index contributed by atoms with van der Waals surface area (Å²) in [6.45, 7) is 1.80. The van der Waals surface area contributed by atoms with Crippen LogP contribution in [0.2, 0.25) is 0 Å². The second kappa shape index (κ2) is 14.2. The SMILES string of the molecule is CC=CC=O.O=CCCCC(O)C=O. The summed E-state index contributed by atoms with van der Waals surface area (Å²) in [6.07, 6.45) is 5.65. The van der Waals surface area contributed by atoms with Crippen molar-refractivity contribution in [3.63, 3.8) is 0 Å². The van der Waals surface area contributed by atoms with Crippen molar-refractivity contribution in [2.45, 2.75) is 32.3 Å². The molecule has 0 saturated heterocycles. The fraction of sp³-hybridized carbons (Fsp3) is 0.500. The molecule has 0 aromatic heterocycles. The van der Waals surface area contributed by atoms with Crippen LogP contribution < -0.4 is 0 Å². The molecule has 0 aromatic rings. The Balaban J connectivity index is 0. The zero-order chi connectivity index (χ0) is 11.2. The maximum absolute atomic E-state index is 9.76. The molecule has 1 unspecified atom stereocenters. The van der Waals surface area contributed by atoms with Crippen LogP contribution in [0.25, 0.3) is 0 Å². The van der Waals surface area contributed by atoms with Crippen LogP contribution in [0.4, 0.5) is 0 Å². The lowest BCUT2D eigenvalue weighted by Crippen LogP contribution is -2.06. The smallest absolute Gasteiger partial charge is 0.148 e. The van der Waals surface area contributed by atoms with Crippen LogP contribution in [-0.4, -0.2) is 30.1 Å². The number of aliphatic hydroxyl groups excluding tert-OH is 1. The summed E-state index contributed by atoms with van der Waals surface area (Å²) in [5, 5.41) is 8.60. The molecule has 0 heterocycles. The van der Waals surface area contributed by atoms with E-state index < -0.39 is 6.10 Å². The molecule has 4 nitrogen and oxygen atoms in total. The number of carbonyl (C=O) groups is 3. The number of hydrogen-bond donors (Lipinski definition) is 1. The molecular weight excluding hydrogens is 184 g/mol. The van der Waals surface area contributed by atoms with Gasteiger partial charge >= 0.3 is 0 Å². The van der Waals surface area contributed by atoms with E-state index in [1.165, 1.54) is 6.08 Å². The molecule has 0 aliphatic heterocycles. The normalized spacial score (nSPS) is 11.3. The van der Waals surface area contributed by atoms with E-state index in [4.69, 9.17) is 5.11 Å². The van der Waals surface area contributed by atoms with Crippen LogP contribution in [0.15, 0.2) is 12.2 Å². The van der Waals surface area contributed by atoms with E-state index >= 15 is 0 Å². The minimum absolute atomic E-state index is 0.391. The number of allylic oxidation sites excluding steroid dienone is 2. The minimum Gasteiger partial charge on any atom is -0.386 e. The third-order valence-electron chi connectivity index (χ3n) is 1.25. The molecule has 0 aliphatic carbocycles. The number of carbonyl (C=O) groups excluding carboxylic acids is 3. The van der Waals surface area contributed by atoms with Crippen molar-refractivity contribution in [1.82, 2.24) is 0 Å². The van der Waals surface area contributed by atoms with Gasteiger partial charge in [-0.25, -0.2) is 0 Å². The van der Waals surface area contributed by atoms with Crippen LogP contribution in [0.5, 0.6) is 0 Å². The summed E-state index contributed by atoms with van der Waals surface area (Å²) < 4.78 is 0. The van der Waals surface area contributed by atoms with Crippen LogP contribution in [0, 0.1) is 0 Å². The van der Waals surface area contributed by atoms with Gasteiger partial charge in [0.15, 0.2) is 0 Å². The van der Waals surface area contributed by atoms with E-state index in [-0.39, 0.29) is 0 Å². The Bertz CT molecular complexity index is 175. The van der Waals surface area contributed by atoms with E-state index in [1.807, 2.05) is 0 Å². The Labute approximate surface area is 83.6 Å². The number of rotatable bonds is 6. The summed E-state index contributed by atoms with van der Waals surface area (Å²) >= 11 is 0. The Morgan fingerprint density at radius 2 is 1.93 bits per heavy atom. The minimum atomic E-state index is -0.884. The monoisotopic (exact) mass is 200 g/mol. The maximum Gasteiger partial charge on any atom is 0.148 e. The average Bonchev–Trinajstić information content (AvgIpc) is 2.20. The van der Waals surface area contributed by atoms with E-state index in [2.05, 4.69) is 0 Å². The number of aliphatic hydroxyl groups is 1. The van der Waals surface area contributed by atoms with Crippen molar-refractivity contribution >= 4 is 18.9 Å². The first-order chi connectivity index (χ1) is 6.72. The molecule has 0 spiro atoms. The zero-order valence-corrected chi connectivity index (χ0v) is 8.26. The van der Waals surface area contributed by atoms with Crippen LogP contribution in [-0.2, 0) is 14.4 Å². The molecule has 1 atom stereocenters. The predicted molar refractivity (Wildman–Crippen MR) is 52.9 cm³/mol. The molecule has 1 N–H and O–H groups in total. The van der Waals surface area contributed by atoms with Gasteiger partial charge in [0, 0.05) is 6.42 Å². The highest BCUT2D eigenvalue weighted by Crippen LogP contribution is 1.95. The first-order valence-electron chi connectivity index (χ1n) is 4.36. The van der Waals surface area contributed by atoms with E-state index in [0.717, 1.165) is 12.6 Å². The summed E-state index contributed by atoms with van der Waals surface area (Å²) in [5.74, 6) is 0. The van der Waals surface area contributed by atoms with Crippen molar-refractivity contribution in [2.75, 3.05) is 0 Å². The Morgan fingerprint density at radius 1 is 1.29 bits per heavy atom. The van der Waals surface area contributed by atoms with E-state index in [9.17, 15) is 14.4 Å². The molecule has 0 aliphatic rings. The summed E-state index contributed by atoms with van der Waals surface area (Å²) in [5.41, 5.74) is 0. The van der Waals surface area contributed by atoms with Crippen molar-refractivity contribution < 1.29 is 19.5 Å². The molecular formula is C10H16O4. The second-order valence-electron chi connectivity index (χ2n) is 2.46. The van der Waals surface area contributed by atoms with Gasteiger partial charge in [-0.3, -0.25) is 4.79 Å². The quantitative estimate of drug-likeness (QED) is 0.389. The van der Waals surface area contributed by atoms with Gasteiger partial charge in [0.2, 0.25) is 0 Å². The molecule has 14 heavy (non-hydrogen) atoms. The van der Waals surface area contributed by atoms with Gasteiger partial charge in [-0.1, -0.05) is 6.08 Å². The van der Waals surface area contributed by atoms with Gasteiger partial charge in [-0.15, -0.1) is 0 Å². The van der Waals surface area contributed by atoms with Crippen molar-refractivity contribution in [3.05, 3.63) is 12.2 Å². The van der Waals surface area contributed by atoms with Crippen molar-refractivity contribution in [2.24, 2.45) is 0 Å². The van der Waals surface area contributed by atoms with Gasteiger partial charge in [-0.05, 0) is 25.8 Å². The van der Waals surface area contributed by atoms with Gasteiger partial charge in [-0.2, -0.15) is 0 Å². The highest BCUT2D eigenvalue weighted by Gasteiger charge is 1.98. The van der Waals surface area contributed by atoms with Gasteiger partial charge < -0.3 is 14.7 Å². The first-order valence-corrected chi connectivity index (χ1v) is 4.36. The molecule has 80 valence electrons. The average molecular weight is 200 g/mol. The van der Waals surface area contributed by atoms with E-state index in [1.54, 1.807) is 13.0 Å². The Hall–Kier alpha value is -1.29. The summed E-state index contributed by atoms with van der Waals surface area (Å²) in [4.78, 5) is 28.8. The second-order valence-corrected chi connectivity index (χ2v) is 2.46. The lowest BCUT2D eigenvalue weighted by molar-refractivity contribution is -0.115. The van der Waals surface area contributed by atoms with Gasteiger partial charge in [0.25, 0.3) is 0 Å². The molecule has 0 amide bonds. The highest BCUT2D eigenvalue weighted by atomic mass is 16.3. The fourth-order valence-corrected chi connectivity index (χ4v) is 0.557. The first kappa shape index (κ1) is 15.2. The molecule has 0 radical (unpaired) electrons. The molecule has 4 heteroatoms. The molecule has 0 fully saturated rings. The van der Waals surface area contributed by atoms with Crippen LogP contribution in [0.3, 0.4) is 0 Å². The Morgan fingerprint density at radius 3 is 2.21 bits per heavy atom. The molecule has 0 aromatic carbocycles. The number of aldehydes is 3. The highest BCUT2D eigenvalue weighted by molar-refractivity contribution is 5.64. The molecule has 0 saturated carbocycles. The van der Waals surface area contributed by atoms with E-state index in [0.29, 0.717) is 25.5 Å². The summed E-state index contributed by atoms with van der Waals surface area (Å²) in [6, 6.07) is 0. The zero-order valence-electron chi connectivity index (χ0n) is 8.26. The third kappa shape index (κ3) is 17.0. The summed E-state index contributed by atoms with van der Waals surface area (Å²) in [7, 11) is 0. The van der Waals surface area contributed by atoms with Gasteiger partial charge in [0.05, 0.1) is 0 Å².